The molecule has 0 bridgehead atoms. The summed E-state index contributed by atoms with van der Waals surface area (Å²) in [6.45, 7) is 10.5. The van der Waals surface area contributed by atoms with Crippen molar-refractivity contribution in [1.82, 2.24) is 20.4 Å². The zero-order valence-corrected chi connectivity index (χ0v) is 32.9. The first-order valence-electron chi connectivity index (χ1n) is 19.0. The lowest BCUT2D eigenvalue weighted by atomic mass is 9.86. The fraction of sp³-hybridized carbons (Fsp3) is 0.488. The maximum absolute atomic E-state index is 14.4. The molecule has 0 unspecified atom stereocenters. The summed E-state index contributed by atoms with van der Waals surface area (Å²) >= 11 is 0. The van der Waals surface area contributed by atoms with Crippen molar-refractivity contribution in [3.63, 3.8) is 0 Å². The smallest absolute Gasteiger partial charge is 0.245 e. The lowest BCUT2D eigenvalue weighted by Crippen LogP contribution is -2.61. The van der Waals surface area contributed by atoms with Crippen molar-refractivity contribution >= 4 is 23.8 Å². The van der Waals surface area contributed by atoms with E-state index in [0.29, 0.717) is 32.1 Å². The van der Waals surface area contributed by atoms with E-state index in [2.05, 4.69) is 10.6 Å². The van der Waals surface area contributed by atoms with Crippen molar-refractivity contribution in [3.05, 3.63) is 102 Å². The molecule has 0 saturated carbocycles. The molecule has 0 spiro atoms. The SMILES string of the molecule is COc1ccc(C[C@H](C[C@H](O)[C@H](Cc2ccccc2)N(C(=O)[O-])C(C)(C)C)C(=O)N[C@H](C(=O)N[C@@H](Cc2ccccc2)C(=O)N2CCOCC2)C(C)C)cc1. The van der Waals surface area contributed by atoms with Crippen LogP contribution in [0.2, 0.25) is 0 Å². The Morgan fingerprint density at radius 2 is 1.36 bits per heavy atom. The van der Waals surface area contributed by atoms with E-state index in [-0.39, 0.29) is 37.5 Å². The van der Waals surface area contributed by atoms with E-state index < -0.39 is 53.6 Å². The summed E-state index contributed by atoms with van der Waals surface area (Å²) in [5.74, 6) is -1.84. The van der Waals surface area contributed by atoms with Gasteiger partial charge in [0, 0.05) is 31.0 Å². The first-order chi connectivity index (χ1) is 26.2. The van der Waals surface area contributed by atoms with Gasteiger partial charge in [-0.3, -0.25) is 14.4 Å². The highest BCUT2D eigenvalue weighted by molar-refractivity contribution is 5.93. The Bertz CT molecular complexity index is 1670. The van der Waals surface area contributed by atoms with Crippen LogP contribution in [-0.4, -0.2) is 102 Å². The largest absolute Gasteiger partial charge is 0.530 e. The molecule has 1 aliphatic rings. The van der Waals surface area contributed by atoms with Gasteiger partial charge in [0.1, 0.15) is 23.9 Å². The van der Waals surface area contributed by atoms with Crippen LogP contribution in [0.1, 0.15) is 57.7 Å². The zero-order chi connectivity index (χ0) is 40.1. The second-order valence-electron chi connectivity index (χ2n) is 15.5. The Morgan fingerprint density at radius 1 is 0.818 bits per heavy atom. The van der Waals surface area contributed by atoms with Crippen LogP contribution in [0.3, 0.4) is 0 Å². The third-order valence-corrected chi connectivity index (χ3v) is 9.99. The lowest BCUT2D eigenvalue weighted by molar-refractivity contribution is -0.275. The topological polar surface area (TPSA) is 161 Å². The van der Waals surface area contributed by atoms with E-state index in [0.717, 1.165) is 21.6 Å². The van der Waals surface area contributed by atoms with Gasteiger partial charge in [-0.05, 0) is 74.8 Å². The standard InChI is InChI=1S/C43H58N4O8/c1-29(2)38(40(50)44-35(26-30-13-9-7-10-14-30)41(51)46-21-23-55-24-22-46)45-39(49)33(25-32-17-19-34(54-6)20-18-32)28-37(48)36(27-31-15-11-8-12-16-31)47(42(52)53)43(3,4)5/h7-20,29,33,35-38,48H,21-28H2,1-6H3,(H,44,50)(H,45,49)(H,52,53)/p-1/t33-,35+,36+,37+,38+/m1/s1. The predicted molar refractivity (Wildman–Crippen MR) is 208 cm³/mol. The molecular formula is C43H57N4O8-. The normalized spacial score (nSPS) is 16.0. The number of nitrogens with zero attached hydrogens (tertiary/aromatic N) is 2. The van der Waals surface area contributed by atoms with Crippen LogP contribution in [0, 0.1) is 11.8 Å². The third-order valence-electron chi connectivity index (χ3n) is 9.99. The van der Waals surface area contributed by atoms with Crippen molar-refractivity contribution in [2.24, 2.45) is 11.8 Å². The van der Waals surface area contributed by atoms with Crippen molar-refractivity contribution < 1.29 is 38.9 Å². The molecule has 3 aromatic rings. The molecule has 0 radical (unpaired) electrons. The van der Waals surface area contributed by atoms with Crippen LogP contribution in [0.5, 0.6) is 5.75 Å². The molecule has 12 nitrogen and oxygen atoms in total. The molecule has 1 fully saturated rings. The number of hydrogen-bond donors (Lipinski definition) is 3. The van der Waals surface area contributed by atoms with Gasteiger partial charge in [-0.15, -0.1) is 0 Å². The minimum Gasteiger partial charge on any atom is -0.530 e. The van der Waals surface area contributed by atoms with Crippen LogP contribution in [-0.2, 0) is 38.4 Å². The van der Waals surface area contributed by atoms with Crippen LogP contribution in [0.4, 0.5) is 4.79 Å². The van der Waals surface area contributed by atoms with Crippen molar-refractivity contribution in [1.29, 1.82) is 0 Å². The Labute approximate surface area is 325 Å². The number of nitrogens with one attached hydrogen (secondary N) is 2. The van der Waals surface area contributed by atoms with Crippen molar-refractivity contribution in [3.8, 4) is 5.75 Å². The summed E-state index contributed by atoms with van der Waals surface area (Å²) in [4.78, 5) is 57.8. The van der Waals surface area contributed by atoms with E-state index in [1.807, 2.05) is 86.6 Å². The summed E-state index contributed by atoms with van der Waals surface area (Å²) in [5.41, 5.74) is 1.54. The highest BCUT2D eigenvalue weighted by atomic mass is 16.5. The van der Waals surface area contributed by atoms with Crippen LogP contribution in [0.25, 0.3) is 0 Å². The van der Waals surface area contributed by atoms with E-state index in [4.69, 9.17) is 9.47 Å². The average Bonchev–Trinajstić information content (AvgIpc) is 3.16. The summed E-state index contributed by atoms with van der Waals surface area (Å²) in [7, 11) is 1.56. The number of hydrogen-bond acceptors (Lipinski definition) is 8. The number of benzene rings is 3. The van der Waals surface area contributed by atoms with Gasteiger partial charge in [0.25, 0.3) is 0 Å². The maximum Gasteiger partial charge on any atom is 0.245 e. The number of rotatable bonds is 17. The molecular weight excluding hydrogens is 700 g/mol. The molecule has 1 aliphatic heterocycles. The van der Waals surface area contributed by atoms with Gasteiger partial charge in [0.2, 0.25) is 17.7 Å². The molecule has 12 heteroatoms. The molecule has 298 valence electrons. The predicted octanol–water partition coefficient (Wildman–Crippen LogP) is 3.39. The number of aliphatic hydroxyl groups is 1. The summed E-state index contributed by atoms with van der Waals surface area (Å²) < 4.78 is 10.8. The molecule has 4 rings (SSSR count). The summed E-state index contributed by atoms with van der Waals surface area (Å²) in [6.07, 6.45) is -2.21. The highest BCUT2D eigenvalue weighted by Crippen LogP contribution is 2.27. The van der Waals surface area contributed by atoms with E-state index in [9.17, 15) is 29.4 Å². The number of amides is 4. The number of aliphatic hydroxyl groups excluding tert-OH is 1. The van der Waals surface area contributed by atoms with Gasteiger partial charge in [-0.25, -0.2) is 0 Å². The number of methoxy groups -OCH3 is 1. The Balaban J connectivity index is 1.63. The number of carboxylic acid groups (broad SMARTS) is 1. The summed E-state index contributed by atoms with van der Waals surface area (Å²) in [5, 5.41) is 30.5. The molecule has 5 atom stereocenters. The van der Waals surface area contributed by atoms with Crippen molar-refractivity contribution in [2.75, 3.05) is 33.4 Å². The van der Waals surface area contributed by atoms with Crippen LogP contribution in [0.15, 0.2) is 84.9 Å². The molecule has 4 amide bonds. The van der Waals surface area contributed by atoms with Gasteiger partial charge in [-0.2, -0.15) is 0 Å². The van der Waals surface area contributed by atoms with Gasteiger partial charge < -0.3 is 44.9 Å². The van der Waals surface area contributed by atoms with Gasteiger partial charge in [-0.1, -0.05) is 86.6 Å². The second-order valence-corrected chi connectivity index (χ2v) is 15.5. The van der Waals surface area contributed by atoms with Gasteiger partial charge in [0.15, 0.2) is 0 Å². The zero-order valence-electron chi connectivity index (χ0n) is 32.9. The van der Waals surface area contributed by atoms with E-state index in [1.165, 1.54) is 0 Å². The van der Waals surface area contributed by atoms with Crippen molar-refractivity contribution in [2.45, 2.75) is 90.1 Å². The first-order valence-corrected chi connectivity index (χ1v) is 19.0. The van der Waals surface area contributed by atoms with Crippen LogP contribution < -0.4 is 20.5 Å². The maximum atomic E-state index is 14.4. The molecule has 3 aromatic carbocycles. The molecule has 0 aliphatic carbocycles. The van der Waals surface area contributed by atoms with E-state index >= 15 is 0 Å². The molecule has 0 aromatic heterocycles. The average molecular weight is 758 g/mol. The number of carbonyl (C=O) groups excluding carboxylic acids is 4. The fourth-order valence-corrected chi connectivity index (χ4v) is 7.06. The Morgan fingerprint density at radius 3 is 1.87 bits per heavy atom. The third kappa shape index (κ3) is 12.5. The number of ether oxygens (including phenoxy) is 2. The second kappa shape index (κ2) is 20.1. The van der Waals surface area contributed by atoms with Crippen LogP contribution >= 0.6 is 0 Å². The Hall–Kier alpha value is -4.94. The number of carbonyl (C=O) groups is 4. The fourth-order valence-electron chi connectivity index (χ4n) is 7.06. The Kier molecular flexibility index (Phi) is 15.7. The van der Waals surface area contributed by atoms with Gasteiger partial charge in [0.05, 0.1) is 32.5 Å². The summed E-state index contributed by atoms with van der Waals surface area (Å²) in [6, 6.07) is 23.0. The molecule has 1 heterocycles. The molecule has 1 saturated heterocycles. The van der Waals surface area contributed by atoms with E-state index in [1.54, 1.807) is 44.9 Å². The number of morpholine rings is 1. The highest BCUT2D eigenvalue weighted by Gasteiger charge is 2.38. The minimum absolute atomic E-state index is 0.117. The minimum atomic E-state index is -1.43. The first kappa shape index (κ1) is 42.8. The lowest BCUT2D eigenvalue weighted by Gasteiger charge is -2.46. The monoisotopic (exact) mass is 757 g/mol. The molecule has 55 heavy (non-hydrogen) atoms. The van der Waals surface area contributed by atoms with Gasteiger partial charge >= 0.3 is 0 Å². The quantitative estimate of drug-likeness (QED) is 0.189. The molecule has 3 N–H and O–H groups in total.